The topological polar surface area (TPSA) is 89.9 Å². The molecule has 3 rings (SSSR count). The molecule has 0 saturated carbocycles. The zero-order chi connectivity index (χ0) is 18.3. The number of carbonyl (C=O) groups excluding carboxylic acids is 1. The molecule has 0 aromatic heterocycles. The third-order valence-corrected chi connectivity index (χ3v) is 6.86. The van der Waals surface area contributed by atoms with Gasteiger partial charge in [0.1, 0.15) is 0 Å². The number of carbonyl (C=O) groups is 2. The van der Waals surface area contributed by atoms with Crippen LogP contribution in [0.2, 0.25) is 0 Å². The van der Waals surface area contributed by atoms with Crippen molar-refractivity contribution in [2.45, 2.75) is 51.8 Å². The first kappa shape index (κ1) is 18.6. The van der Waals surface area contributed by atoms with Crippen molar-refractivity contribution < 1.29 is 19.8 Å². The van der Waals surface area contributed by atoms with Crippen molar-refractivity contribution in [2.75, 3.05) is 13.1 Å². The van der Waals surface area contributed by atoms with Crippen LogP contribution in [0.4, 0.5) is 0 Å². The van der Waals surface area contributed by atoms with Crippen molar-refractivity contribution in [1.29, 1.82) is 0 Å². The van der Waals surface area contributed by atoms with E-state index in [0.29, 0.717) is 12.1 Å². The van der Waals surface area contributed by atoms with Crippen LogP contribution in [0.25, 0.3) is 0 Å². The Hall–Kier alpha value is -1.19. The van der Waals surface area contributed by atoms with Crippen LogP contribution < -0.4 is 5.32 Å². The summed E-state index contributed by atoms with van der Waals surface area (Å²) in [6.45, 7) is 6.20. The molecular formula is C18H23IN2O4. The summed E-state index contributed by atoms with van der Waals surface area (Å²) in [7, 11) is 0. The maximum Gasteiger partial charge on any atom is 0.337 e. The highest BCUT2D eigenvalue weighted by molar-refractivity contribution is 14.1. The van der Waals surface area contributed by atoms with E-state index in [-0.39, 0.29) is 18.4 Å². The van der Waals surface area contributed by atoms with Gasteiger partial charge in [-0.05, 0) is 84.6 Å². The molecule has 0 unspecified atom stereocenters. The van der Waals surface area contributed by atoms with Gasteiger partial charge in [0, 0.05) is 21.7 Å². The number of amides is 1. The average Bonchev–Trinajstić information content (AvgIpc) is 2.60. The summed E-state index contributed by atoms with van der Waals surface area (Å²) < 4.78 is 0.781. The molecule has 2 heterocycles. The first-order valence-electron chi connectivity index (χ1n) is 8.54. The standard InChI is InChI=1S/C18H23IN2O4/c1-9-12-7-14(22)21(11-3-5-20-6-4-11)8-13(12)10(2)16(19)15(9)17(23)18(24)25/h11,17,20,23H,3-8H2,1-2H3,(H,24,25)/t17-/m0/s1. The molecule has 7 heteroatoms. The highest BCUT2D eigenvalue weighted by Crippen LogP contribution is 2.37. The minimum Gasteiger partial charge on any atom is -0.479 e. The van der Waals surface area contributed by atoms with Crippen LogP contribution in [-0.2, 0) is 22.6 Å². The molecule has 1 amide bonds. The quantitative estimate of drug-likeness (QED) is 0.600. The Morgan fingerprint density at radius 2 is 1.88 bits per heavy atom. The summed E-state index contributed by atoms with van der Waals surface area (Å²) in [6, 6.07) is 0.267. The van der Waals surface area contributed by atoms with E-state index in [1.807, 2.05) is 18.7 Å². The molecular weight excluding hydrogens is 435 g/mol. The first-order chi connectivity index (χ1) is 11.8. The van der Waals surface area contributed by atoms with Gasteiger partial charge in [0.05, 0.1) is 6.42 Å². The van der Waals surface area contributed by atoms with Crippen molar-refractivity contribution in [1.82, 2.24) is 10.2 Å². The lowest BCUT2D eigenvalue weighted by molar-refractivity contribution is -0.147. The predicted octanol–water partition coefficient (Wildman–Crippen LogP) is 1.66. The molecule has 136 valence electrons. The van der Waals surface area contributed by atoms with Gasteiger partial charge in [-0.15, -0.1) is 0 Å². The SMILES string of the molecule is Cc1c(I)c([C@H](O)C(=O)O)c(C)c2c1CN(C1CCNCC1)C(=O)C2. The predicted molar refractivity (Wildman–Crippen MR) is 101 cm³/mol. The van der Waals surface area contributed by atoms with Crippen molar-refractivity contribution in [3.63, 3.8) is 0 Å². The van der Waals surface area contributed by atoms with E-state index in [0.717, 1.165) is 51.8 Å². The third-order valence-electron chi connectivity index (χ3n) is 5.47. The third kappa shape index (κ3) is 3.29. The largest absolute Gasteiger partial charge is 0.479 e. The molecule has 0 spiro atoms. The lowest BCUT2D eigenvalue weighted by atomic mass is 9.85. The second-order valence-electron chi connectivity index (χ2n) is 6.86. The van der Waals surface area contributed by atoms with E-state index in [1.165, 1.54) is 0 Å². The Morgan fingerprint density at radius 1 is 1.24 bits per heavy atom. The second kappa shape index (κ2) is 7.20. The molecule has 0 bridgehead atoms. The zero-order valence-electron chi connectivity index (χ0n) is 14.4. The van der Waals surface area contributed by atoms with Gasteiger partial charge in [0.2, 0.25) is 5.91 Å². The number of hydrogen-bond acceptors (Lipinski definition) is 4. The number of piperidine rings is 1. The van der Waals surface area contributed by atoms with Crippen molar-refractivity contribution in [3.8, 4) is 0 Å². The van der Waals surface area contributed by atoms with Crippen LogP contribution in [0.3, 0.4) is 0 Å². The molecule has 0 radical (unpaired) electrons. The molecule has 6 nitrogen and oxygen atoms in total. The number of fused-ring (bicyclic) bond motifs is 1. The first-order valence-corrected chi connectivity index (χ1v) is 9.62. The molecule has 1 aromatic rings. The minimum atomic E-state index is -1.56. The van der Waals surface area contributed by atoms with Gasteiger partial charge in [0.15, 0.2) is 6.10 Å². The molecule has 1 fully saturated rings. The van der Waals surface area contributed by atoms with Crippen molar-refractivity contribution >= 4 is 34.5 Å². The summed E-state index contributed by atoms with van der Waals surface area (Å²) in [5.74, 6) is -1.17. The van der Waals surface area contributed by atoms with Crippen LogP contribution in [0.15, 0.2) is 0 Å². The van der Waals surface area contributed by atoms with E-state index in [2.05, 4.69) is 27.9 Å². The van der Waals surface area contributed by atoms with Crippen LogP contribution in [0, 0.1) is 17.4 Å². The smallest absolute Gasteiger partial charge is 0.337 e. The van der Waals surface area contributed by atoms with Gasteiger partial charge in [-0.25, -0.2) is 4.79 Å². The van der Waals surface area contributed by atoms with Gasteiger partial charge >= 0.3 is 5.97 Å². The van der Waals surface area contributed by atoms with Crippen molar-refractivity contribution in [2.24, 2.45) is 0 Å². The van der Waals surface area contributed by atoms with Crippen LogP contribution in [-0.4, -0.2) is 46.1 Å². The number of benzene rings is 1. The van der Waals surface area contributed by atoms with Crippen LogP contribution >= 0.6 is 22.6 Å². The minimum absolute atomic E-state index is 0.0962. The Bertz CT molecular complexity index is 729. The number of carboxylic acid groups (broad SMARTS) is 1. The summed E-state index contributed by atoms with van der Waals surface area (Å²) >= 11 is 2.12. The molecule has 1 saturated heterocycles. The fourth-order valence-electron chi connectivity index (χ4n) is 3.98. The molecule has 25 heavy (non-hydrogen) atoms. The highest BCUT2D eigenvalue weighted by Gasteiger charge is 2.34. The molecule has 1 aromatic carbocycles. The number of nitrogens with zero attached hydrogens (tertiary/aromatic N) is 1. The second-order valence-corrected chi connectivity index (χ2v) is 7.93. The Balaban J connectivity index is 2.03. The summed E-state index contributed by atoms with van der Waals surface area (Å²) in [6.07, 6.45) is 0.647. The van der Waals surface area contributed by atoms with Gasteiger partial charge < -0.3 is 20.4 Å². The number of halogens is 1. The Kier molecular flexibility index (Phi) is 5.36. The van der Waals surface area contributed by atoms with Gasteiger partial charge in [-0.3, -0.25) is 4.79 Å². The monoisotopic (exact) mass is 458 g/mol. The fourth-order valence-corrected chi connectivity index (χ4v) is 5.00. The van der Waals surface area contributed by atoms with Crippen molar-refractivity contribution in [3.05, 3.63) is 31.4 Å². The van der Waals surface area contributed by atoms with E-state index >= 15 is 0 Å². The maximum absolute atomic E-state index is 12.7. The zero-order valence-corrected chi connectivity index (χ0v) is 16.6. The average molecular weight is 458 g/mol. The Labute approximate surface area is 160 Å². The van der Waals surface area contributed by atoms with E-state index in [1.54, 1.807) is 0 Å². The van der Waals surface area contributed by atoms with Gasteiger partial charge in [0.25, 0.3) is 0 Å². The van der Waals surface area contributed by atoms with Gasteiger partial charge in [-0.2, -0.15) is 0 Å². The van der Waals surface area contributed by atoms with Gasteiger partial charge in [-0.1, -0.05) is 0 Å². The molecule has 3 N–H and O–H groups in total. The summed E-state index contributed by atoms with van der Waals surface area (Å²) in [5, 5.41) is 22.6. The molecule has 2 aliphatic heterocycles. The number of hydrogen-bond donors (Lipinski definition) is 3. The molecule has 2 aliphatic rings. The number of carboxylic acids is 1. The van der Waals surface area contributed by atoms with Crippen LogP contribution in [0.5, 0.6) is 0 Å². The van der Waals surface area contributed by atoms with E-state index in [9.17, 15) is 19.8 Å². The summed E-state index contributed by atoms with van der Waals surface area (Å²) in [5.41, 5.74) is 4.14. The number of rotatable bonds is 3. The number of aliphatic hydroxyl groups excluding tert-OH is 1. The Morgan fingerprint density at radius 3 is 2.48 bits per heavy atom. The maximum atomic E-state index is 12.7. The molecule has 1 atom stereocenters. The number of aliphatic carboxylic acids is 1. The van der Waals surface area contributed by atoms with E-state index < -0.39 is 12.1 Å². The summed E-state index contributed by atoms with van der Waals surface area (Å²) in [4.78, 5) is 26.0. The number of aliphatic hydroxyl groups is 1. The normalized spacial score (nSPS) is 19.7. The lowest BCUT2D eigenvalue weighted by Gasteiger charge is -2.39. The molecule has 0 aliphatic carbocycles. The van der Waals surface area contributed by atoms with E-state index in [4.69, 9.17) is 0 Å². The lowest BCUT2D eigenvalue weighted by Crippen LogP contribution is -2.48. The number of nitrogens with one attached hydrogen (secondary N) is 1. The highest BCUT2D eigenvalue weighted by atomic mass is 127. The fraction of sp³-hybridized carbons (Fsp3) is 0.556. The van der Waals surface area contributed by atoms with Crippen LogP contribution in [0.1, 0.15) is 46.8 Å².